The summed E-state index contributed by atoms with van der Waals surface area (Å²) in [6.07, 6.45) is 2.99. The van der Waals surface area contributed by atoms with Gasteiger partial charge >= 0.3 is 0 Å². The number of halogens is 1. The van der Waals surface area contributed by atoms with Gasteiger partial charge in [0.15, 0.2) is 0 Å². The number of nitrogens with one attached hydrogen (secondary N) is 2. The Bertz CT molecular complexity index is 731. The van der Waals surface area contributed by atoms with E-state index in [0.717, 1.165) is 24.3 Å². The smallest absolute Gasteiger partial charge is 0.244 e. The normalized spacial score (nSPS) is 13.9. The summed E-state index contributed by atoms with van der Waals surface area (Å²) >= 11 is 5.75. The Morgan fingerprint density at radius 1 is 1.21 bits per heavy atom. The van der Waals surface area contributed by atoms with Crippen LogP contribution in [-0.2, 0) is 9.59 Å². The van der Waals surface area contributed by atoms with E-state index >= 15 is 0 Å². The van der Waals surface area contributed by atoms with Gasteiger partial charge in [-0.3, -0.25) is 9.59 Å². The molecule has 2 heterocycles. The van der Waals surface area contributed by atoms with Crippen LogP contribution in [-0.4, -0.2) is 29.9 Å². The molecule has 2 amide bonds. The molecule has 0 radical (unpaired) electrons. The number of aromatic nitrogens is 1. The summed E-state index contributed by atoms with van der Waals surface area (Å²) in [4.78, 5) is 29.4. The van der Waals surface area contributed by atoms with Gasteiger partial charge in [0.2, 0.25) is 11.8 Å². The first-order valence-corrected chi connectivity index (χ1v) is 8.05. The van der Waals surface area contributed by atoms with Gasteiger partial charge in [-0.15, -0.1) is 0 Å². The van der Waals surface area contributed by atoms with Crippen LogP contribution in [0.4, 0.5) is 17.2 Å². The molecule has 0 saturated carbocycles. The number of benzene rings is 1. The van der Waals surface area contributed by atoms with Gasteiger partial charge in [-0.2, -0.15) is 0 Å². The predicted molar refractivity (Wildman–Crippen MR) is 94.4 cm³/mol. The van der Waals surface area contributed by atoms with E-state index in [0.29, 0.717) is 17.3 Å². The van der Waals surface area contributed by atoms with Crippen molar-refractivity contribution in [1.29, 1.82) is 0 Å². The molecule has 124 valence electrons. The van der Waals surface area contributed by atoms with Crippen LogP contribution in [0.25, 0.3) is 0 Å². The Balaban J connectivity index is 1.51. The van der Waals surface area contributed by atoms with E-state index in [1.54, 1.807) is 17.0 Å². The van der Waals surface area contributed by atoms with Gasteiger partial charge in [0.1, 0.15) is 5.82 Å². The van der Waals surface area contributed by atoms with Crippen molar-refractivity contribution in [2.24, 2.45) is 0 Å². The summed E-state index contributed by atoms with van der Waals surface area (Å²) in [5, 5.41) is 6.23. The Morgan fingerprint density at radius 2 is 2.00 bits per heavy atom. The minimum atomic E-state index is -0.205. The van der Waals surface area contributed by atoms with Gasteiger partial charge in [0.25, 0.3) is 0 Å². The van der Waals surface area contributed by atoms with Gasteiger partial charge in [0, 0.05) is 30.5 Å². The van der Waals surface area contributed by atoms with Crippen molar-refractivity contribution in [3.8, 4) is 0 Å². The number of anilines is 3. The molecule has 0 bridgehead atoms. The molecule has 0 atom stereocenters. The van der Waals surface area contributed by atoms with Crippen LogP contribution in [0.15, 0.2) is 42.6 Å². The number of pyridine rings is 1. The summed E-state index contributed by atoms with van der Waals surface area (Å²) in [6, 6.07) is 10.8. The van der Waals surface area contributed by atoms with Crippen molar-refractivity contribution in [3.63, 3.8) is 0 Å². The van der Waals surface area contributed by atoms with E-state index in [2.05, 4.69) is 15.6 Å². The molecule has 7 heteroatoms. The first kappa shape index (κ1) is 16.3. The van der Waals surface area contributed by atoms with E-state index in [4.69, 9.17) is 11.6 Å². The fourth-order valence-corrected chi connectivity index (χ4v) is 2.61. The van der Waals surface area contributed by atoms with E-state index in [1.165, 1.54) is 6.20 Å². The van der Waals surface area contributed by atoms with Crippen molar-refractivity contribution in [2.45, 2.75) is 12.8 Å². The number of hydrogen-bond donors (Lipinski definition) is 2. The van der Waals surface area contributed by atoms with E-state index < -0.39 is 0 Å². The minimum Gasteiger partial charge on any atom is -0.376 e. The second-order valence-corrected chi connectivity index (χ2v) is 5.90. The van der Waals surface area contributed by atoms with Crippen LogP contribution in [0.2, 0.25) is 5.02 Å². The van der Waals surface area contributed by atoms with Crippen LogP contribution in [0.1, 0.15) is 12.8 Å². The molecule has 2 N–H and O–H groups in total. The molecule has 0 spiro atoms. The predicted octanol–water partition coefficient (Wildman–Crippen LogP) is 2.91. The van der Waals surface area contributed by atoms with Gasteiger partial charge < -0.3 is 15.5 Å². The Morgan fingerprint density at radius 3 is 2.62 bits per heavy atom. The van der Waals surface area contributed by atoms with Crippen molar-refractivity contribution in [2.75, 3.05) is 28.6 Å². The lowest BCUT2D eigenvalue weighted by atomic mass is 10.2. The number of rotatable bonds is 5. The van der Waals surface area contributed by atoms with E-state index in [-0.39, 0.29) is 18.4 Å². The van der Waals surface area contributed by atoms with Gasteiger partial charge in [0.05, 0.1) is 11.6 Å². The summed E-state index contributed by atoms with van der Waals surface area (Å²) in [7, 11) is 0. The summed E-state index contributed by atoms with van der Waals surface area (Å²) in [5.41, 5.74) is 1.70. The quantitative estimate of drug-likeness (QED) is 0.874. The summed E-state index contributed by atoms with van der Waals surface area (Å²) < 4.78 is 0. The van der Waals surface area contributed by atoms with Crippen LogP contribution in [0.5, 0.6) is 0 Å². The molecular formula is C17H17ClN4O2. The second kappa shape index (κ2) is 7.31. The number of carbonyl (C=O) groups excluding carboxylic acids is 2. The lowest BCUT2D eigenvalue weighted by Crippen LogP contribution is -2.24. The van der Waals surface area contributed by atoms with E-state index in [9.17, 15) is 9.59 Å². The van der Waals surface area contributed by atoms with Crippen LogP contribution < -0.4 is 15.5 Å². The fourth-order valence-electron chi connectivity index (χ4n) is 2.50. The molecule has 6 nitrogen and oxygen atoms in total. The third kappa shape index (κ3) is 4.02. The number of carbonyl (C=O) groups is 2. The lowest BCUT2D eigenvalue weighted by molar-refractivity contribution is -0.117. The third-order valence-corrected chi connectivity index (χ3v) is 3.92. The zero-order valence-electron chi connectivity index (χ0n) is 13.0. The highest BCUT2D eigenvalue weighted by atomic mass is 35.5. The standard InChI is InChI=1S/C17H17ClN4O2/c18-12-3-8-15(20-10-12)21-16(23)11-19-13-4-6-14(7-5-13)22-9-1-2-17(22)24/h3-8,10,19H,1-2,9,11H2,(H,20,21,23). The van der Waals surface area contributed by atoms with Gasteiger partial charge in [-0.1, -0.05) is 11.6 Å². The van der Waals surface area contributed by atoms with Crippen LogP contribution in [0.3, 0.4) is 0 Å². The monoisotopic (exact) mass is 344 g/mol. The highest BCUT2D eigenvalue weighted by Gasteiger charge is 2.21. The van der Waals surface area contributed by atoms with Gasteiger partial charge in [-0.05, 0) is 42.8 Å². The molecule has 2 aromatic rings. The average molecular weight is 345 g/mol. The molecule has 24 heavy (non-hydrogen) atoms. The topological polar surface area (TPSA) is 74.3 Å². The maximum atomic E-state index is 11.9. The Labute approximate surface area is 144 Å². The molecule has 1 aliphatic heterocycles. The lowest BCUT2D eigenvalue weighted by Gasteiger charge is -2.16. The van der Waals surface area contributed by atoms with E-state index in [1.807, 2.05) is 24.3 Å². The van der Waals surface area contributed by atoms with Gasteiger partial charge in [-0.25, -0.2) is 4.98 Å². The van der Waals surface area contributed by atoms with Crippen molar-refractivity contribution >= 4 is 40.6 Å². The molecule has 1 aromatic carbocycles. The first-order chi connectivity index (χ1) is 11.6. The zero-order valence-corrected chi connectivity index (χ0v) is 13.7. The minimum absolute atomic E-state index is 0.117. The zero-order chi connectivity index (χ0) is 16.9. The Kier molecular flexibility index (Phi) is 4.96. The molecule has 1 aliphatic rings. The van der Waals surface area contributed by atoms with Crippen molar-refractivity contribution in [1.82, 2.24) is 4.98 Å². The van der Waals surface area contributed by atoms with Crippen molar-refractivity contribution < 1.29 is 9.59 Å². The van der Waals surface area contributed by atoms with Crippen molar-refractivity contribution in [3.05, 3.63) is 47.6 Å². The fraction of sp³-hybridized carbons (Fsp3) is 0.235. The molecule has 1 aromatic heterocycles. The molecular weight excluding hydrogens is 328 g/mol. The maximum Gasteiger partial charge on any atom is 0.244 e. The average Bonchev–Trinajstić information content (AvgIpc) is 3.02. The highest BCUT2D eigenvalue weighted by Crippen LogP contribution is 2.22. The second-order valence-electron chi connectivity index (χ2n) is 5.46. The molecule has 1 fully saturated rings. The summed E-state index contributed by atoms with van der Waals surface area (Å²) in [6.45, 7) is 0.883. The van der Waals surface area contributed by atoms with Crippen LogP contribution in [0, 0.1) is 0 Å². The largest absolute Gasteiger partial charge is 0.376 e. The first-order valence-electron chi connectivity index (χ1n) is 7.67. The number of hydrogen-bond acceptors (Lipinski definition) is 4. The molecule has 3 rings (SSSR count). The molecule has 0 aliphatic carbocycles. The summed E-state index contributed by atoms with van der Waals surface area (Å²) in [5.74, 6) is 0.406. The molecule has 1 saturated heterocycles. The molecule has 0 unspecified atom stereocenters. The third-order valence-electron chi connectivity index (χ3n) is 3.70. The maximum absolute atomic E-state index is 11.9. The highest BCUT2D eigenvalue weighted by molar-refractivity contribution is 6.30. The number of amides is 2. The SMILES string of the molecule is O=C(CNc1ccc(N2CCCC2=O)cc1)Nc1ccc(Cl)cn1. The van der Waals surface area contributed by atoms with Crippen LogP contribution >= 0.6 is 11.6 Å². The Hall–Kier alpha value is -2.60. The number of nitrogens with zero attached hydrogens (tertiary/aromatic N) is 2.